The summed E-state index contributed by atoms with van der Waals surface area (Å²) in [5, 5.41) is 7.67. The normalized spacial score (nSPS) is 18.7. The van der Waals surface area contributed by atoms with E-state index >= 15 is 0 Å². The standard InChI is InChI=1S/C17H20N6O2/c1-11-18-16(22-21-11)14-10-23(8-9-25-14)7-6-15-19-13-5-3-2-4-12(13)17(24)20-15/h2-5,14H,6-10H2,1H3,(H,18,21,22)(H,19,20,24)/t14-/m1/s1. The van der Waals surface area contributed by atoms with Crippen molar-refractivity contribution in [2.45, 2.75) is 19.4 Å². The maximum Gasteiger partial charge on any atom is 0.258 e. The number of para-hydroxylation sites is 1. The summed E-state index contributed by atoms with van der Waals surface area (Å²) >= 11 is 0. The number of rotatable bonds is 4. The fraction of sp³-hybridized carbons (Fsp3) is 0.412. The summed E-state index contributed by atoms with van der Waals surface area (Å²) in [5.41, 5.74) is 0.647. The van der Waals surface area contributed by atoms with Crippen molar-refractivity contribution in [3.8, 4) is 0 Å². The van der Waals surface area contributed by atoms with Crippen molar-refractivity contribution in [3.05, 3.63) is 52.1 Å². The van der Waals surface area contributed by atoms with Gasteiger partial charge in [0.2, 0.25) is 0 Å². The molecule has 3 aromatic rings. The monoisotopic (exact) mass is 340 g/mol. The van der Waals surface area contributed by atoms with E-state index in [1.165, 1.54) is 0 Å². The SMILES string of the molecule is Cc1nc([C@H]2CN(CCc3nc4ccccc4c(=O)[nH]3)CCO2)n[nH]1. The predicted molar refractivity (Wildman–Crippen MR) is 92.3 cm³/mol. The van der Waals surface area contributed by atoms with E-state index in [1.54, 1.807) is 6.07 Å². The van der Waals surface area contributed by atoms with Crippen LogP contribution in [0.15, 0.2) is 29.1 Å². The first-order valence-electron chi connectivity index (χ1n) is 8.40. The number of aromatic nitrogens is 5. The summed E-state index contributed by atoms with van der Waals surface area (Å²) in [4.78, 5) is 26.2. The molecular weight excluding hydrogens is 320 g/mol. The number of morpholine rings is 1. The highest BCUT2D eigenvalue weighted by Crippen LogP contribution is 2.19. The van der Waals surface area contributed by atoms with Crippen LogP contribution in [0.25, 0.3) is 10.9 Å². The molecule has 1 aliphatic heterocycles. The van der Waals surface area contributed by atoms with Crippen molar-refractivity contribution in [2.24, 2.45) is 0 Å². The van der Waals surface area contributed by atoms with Gasteiger partial charge in [-0.15, -0.1) is 0 Å². The van der Waals surface area contributed by atoms with E-state index in [4.69, 9.17) is 4.74 Å². The Balaban J connectivity index is 1.43. The maximum atomic E-state index is 12.1. The molecule has 2 N–H and O–H groups in total. The Hall–Kier alpha value is -2.58. The third kappa shape index (κ3) is 3.45. The zero-order chi connectivity index (χ0) is 17.2. The molecular formula is C17H20N6O2. The Morgan fingerprint density at radius 2 is 2.20 bits per heavy atom. The van der Waals surface area contributed by atoms with Gasteiger partial charge in [0.05, 0.1) is 17.5 Å². The van der Waals surface area contributed by atoms with E-state index in [9.17, 15) is 4.79 Å². The summed E-state index contributed by atoms with van der Waals surface area (Å²) < 4.78 is 5.78. The number of hydrogen-bond donors (Lipinski definition) is 2. The van der Waals surface area contributed by atoms with Gasteiger partial charge in [-0.05, 0) is 19.1 Å². The third-order valence-electron chi connectivity index (χ3n) is 4.38. The van der Waals surface area contributed by atoms with Gasteiger partial charge in [-0.3, -0.25) is 14.8 Å². The first-order chi connectivity index (χ1) is 12.2. The Bertz CT molecular complexity index is 934. The molecule has 8 heteroatoms. The number of fused-ring (bicyclic) bond motifs is 1. The molecule has 1 atom stereocenters. The number of aromatic amines is 2. The maximum absolute atomic E-state index is 12.1. The lowest BCUT2D eigenvalue weighted by Gasteiger charge is -2.31. The van der Waals surface area contributed by atoms with Crippen molar-refractivity contribution in [2.75, 3.05) is 26.2 Å². The number of nitrogens with zero attached hydrogens (tertiary/aromatic N) is 4. The smallest absolute Gasteiger partial charge is 0.258 e. The van der Waals surface area contributed by atoms with E-state index in [1.807, 2.05) is 25.1 Å². The van der Waals surface area contributed by atoms with Gasteiger partial charge < -0.3 is 9.72 Å². The molecule has 0 aliphatic carbocycles. The molecule has 1 fully saturated rings. The van der Waals surface area contributed by atoms with E-state index in [0.29, 0.717) is 30.1 Å². The predicted octanol–water partition coefficient (Wildman–Crippen LogP) is 0.966. The number of ether oxygens (including phenoxy) is 1. The molecule has 0 spiro atoms. The lowest BCUT2D eigenvalue weighted by Crippen LogP contribution is -2.40. The second-order valence-corrected chi connectivity index (χ2v) is 6.22. The van der Waals surface area contributed by atoms with Crippen LogP contribution in [0, 0.1) is 6.92 Å². The van der Waals surface area contributed by atoms with Crippen LogP contribution in [0.5, 0.6) is 0 Å². The molecule has 0 amide bonds. The molecule has 4 rings (SSSR count). The van der Waals surface area contributed by atoms with Crippen LogP contribution in [0.2, 0.25) is 0 Å². The summed E-state index contributed by atoms with van der Waals surface area (Å²) in [6.07, 6.45) is 0.558. The number of nitrogens with one attached hydrogen (secondary N) is 2. The zero-order valence-electron chi connectivity index (χ0n) is 14.0. The van der Waals surface area contributed by atoms with Gasteiger partial charge in [-0.25, -0.2) is 9.97 Å². The van der Waals surface area contributed by atoms with Gasteiger partial charge in [0.15, 0.2) is 5.82 Å². The fourth-order valence-corrected chi connectivity index (χ4v) is 3.08. The lowest BCUT2D eigenvalue weighted by molar-refractivity contribution is -0.0339. The zero-order valence-corrected chi connectivity index (χ0v) is 14.0. The minimum atomic E-state index is -0.123. The Labute approximate surface area is 144 Å². The minimum Gasteiger partial charge on any atom is -0.367 e. The van der Waals surface area contributed by atoms with Gasteiger partial charge in [-0.2, -0.15) is 5.10 Å². The van der Waals surface area contributed by atoms with Gasteiger partial charge >= 0.3 is 0 Å². The fourth-order valence-electron chi connectivity index (χ4n) is 3.08. The average molecular weight is 340 g/mol. The van der Waals surface area contributed by atoms with Crippen LogP contribution in [0.4, 0.5) is 0 Å². The van der Waals surface area contributed by atoms with Gasteiger partial charge in [0, 0.05) is 26.1 Å². The molecule has 1 saturated heterocycles. The Morgan fingerprint density at radius 3 is 3.04 bits per heavy atom. The minimum absolute atomic E-state index is 0.0864. The van der Waals surface area contributed by atoms with Crippen molar-refractivity contribution in [1.29, 1.82) is 0 Å². The van der Waals surface area contributed by atoms with Gasteiger partial charge in [0.1, 0.15) is 17.8 Å². The topological polar surface area (TPSA) is 99.8 Å². The first kappa shape index (κ1) is 15.9. The van der Waals surface area contributed by atoms with E-state index in [0.717, 1.165) is 31.0 Å². The number of hydrogen-bond acceptors (Lipinski definition) is 6. The number of H-pyrrole nitrogens is 2. The molecule has 3 heterocycles. The van der Waals surface area contributed by atoms with Crippen molar-refractivity contribution < 1.29 is 4.74 Å². The Morgan fingerprint density at radius 1 is 1.32 bits per heavy atom. The second-order valence-electron chi connectivity index (χ2n) is 6.22. The van der Waals surface area contributed by atoms with Crippen molar-refractivity contribution in [3.63, 3.8) is 0 Å². The van der Waals surface area contributed by atoms with Crippen LogP contribution < -0.4 is 5.56 Å². The quantitative estimate of drug-likeness (QED) is 0.734. The summed E-state index contributed by atoms with van der Waals surface area (Å²) in [5.74, 6) is 2.19. The van der Waals surface area contributed by atoms with Gasteiger partial charge in [-0.1, -0.05) is 12.1 Å². The molecule has 130 valence electrons. The molecule has 0 saturated carbocycles. The second kappa shape index (κ2) is 6.73. The average Bonchev–Trinajstić information content (AvgIpc) is 3.07. The molecule has 2 aromatic heterocycles. The third-order valence-corrected chi connectivity index (χ3v) is 4.38. The molecule has 8 nitrogen and oxygen atoms in total. The van der Waals surface area contributed by atoms with E-state index in [-0.39, 0.29) is 11.7 Å². The van der Waals surface area contributed by atoms with Gasteiger partial charge in [0.25, 0.3) is 5.56 Å². The largest absolute Gasteiger partial charge is 0.367 e. The summed E-state index contributed by atoms with van der Waals surface area (Å²) in [7, 11) is 0. The van der Waals surface area contributed by atoms with Crippen molar-refractivity contribution in [1.82, 2.24) is 30.0 Å². The first-order valence-corrected chi connectivity index (χ1v) is 8.40. The number of benzene rings is 1. The van der Waals surface area contributed by atoms with E-state index < -0.39 is 0 Å². The Kier molecular flexibility index (Phi) is 4.29. The van der Waals surface area contributed by atoms with E-state index in [2.05, 4.69) is 30.0 Å². The summed E-state index contributed by atoms with van der Waals surface area (Å²) in [6, 6.07) is 7.39. The number of aryl methyl sites for hydroxylation is 1. The molecule has 1 aromatic carbocycles. The molecule has 0 unspecified atom stereocenters. The highest BCUT2D eigenvalue weighted by molar-refractivity contribution is 5.77. The van der Waals surface area contributed by atoms with Crippen LogP contribution >= 0.6 is 0 Å². The molecule has 0 radical (unpaired) electrons. The highest BCUT2D eigenvalue weighted by atomic mass is 16.5. The van der Waals surface area contributed by atoms with Crippen LogP contribution in [-0.4, -0.2) is 56.3 Å². The molecule has 1 aliphatic rings. The lowest BCUT2D eigenvalue weighted by atomic mass is 10.2. The van der Waals surface area contributed by atoms with Crippen LogP contribution in [0.3, 0.4) is 0 Å². The molecule has 0 bridgehead atoms. The summed E-state index contributed by atoms with van der Waals surface area (Å²) in [6.45, 7) is 4.89. The van der Waals surface area contributed by atoms with Crippen LogP contribution in [0.1, 0.15) is 23.6 Å². The molecule has 25 heavy (non-hydrogen) atoms. The van der Waals surface area contributed by atoms with Crippen molar-refractivity contribution >= 4 is 10.9 Å². The highest BCUT2D eigenvalue weighted by Gasteiger charge is 2.25. The van der Waals surface area contributed by atoms with Crippen LogP contribution in [-0.2, 0) is 11.2 Å².